The van der Waals surface area contributed by atoms with Gasteiger partial charge in [0, 0.05) is 20.1 Å². The zero-order chi connectivity index (χ0) is 20.9. The zero-order valence-electron chi connectivity index (χ0n) is 17.0. The Balaban J connectivity index is 1.29. The summed E-state index contributed by atoms with van der Waals surface area (Å²) >= 11 is 1.35. The topological polar surface area (TPSA) is 51.0 Å². The van der Waals surface area contributed by atoms with Crippen LogP contribution in [0.25, 0.3) is 11.4 Å². The van der Waals surface area contributed by atoms with Gasteiger partial charge in [0.15, 0.2) is 11.0 Å². The van der Waals surface area contributed by atoms with Crippen LogP contribution in [0.5, 0.6) is 0 Å². The van der Waals surface area contributed by atoms with E-state index in [1.54, 1.807) is 29.8 Å². The van der Waals surface area contributed by atoms with Crippen LogP contribution >= 0.6 is 11.8 Å². The average molecular weight is 425 g/mol. The van der Waals surface area contributed by atoms with Gasteiger partial charge in [0.2, 0.25) is 5.91 Å². The van der Waals surface area contributed by atoms with Crippen molar-refractivity contribution in [1.29, 1.82) is 0 Å². The smallest absolute Gasteiger partial charge is 0.233 e. The van der Waals surface area contributed by atoms with Crippen LogP contribution < -0.4 is 0 Å². The molecule has 5 nitrogen and oxygen atoms in total. The fraction of sp³-hybridized carbons (Fsp3) is 0.348. The number of carbonyl (C=O) groups excluding carboxylic acids is 1. The molecule has 156 valence electrons. The van der Waals surface area contributed by atoms with Crippen molar-refractivity contribution in [3.63, 3.8) is 0 Å². The lowest BCUT2D eigenvalue weighted by atomic mass is 9.90. The Labute approximate surface area is 180 Å². The third-order valence-corrected chi connectivity index (χ3v) is 6.61. The van der Waals surface area contributed by atoms with Crippen molar-refractivity contribution in [2.24, 2.45) is 13.0 Å². The van der Waals surface area contributed by atoms with Crippen LogP contribution in [0.2, 0.25) is 0 Å². The van der Waals surface area contributed by atoms with E-state index in [4.69, 9.17) is 0 Å². The minimum absolute atomic E-state index is 0.119. The summed E-state index contributed by atoms with van der Waals surface area (Å²) in [6.45, 7) is 1.60. The van der Waals surface area contributed by atoms with Gasteiger partial charge in [0.25, 0.3) is 0 Å². The molecular weight excluding hydrogens is 399 g/mol. The Hall–Kier alpha value is -2.67. The van der Waals surface area contributed by atoms with Crippen LogP contribution in [0.3, 0.4) is 0 Å². The molecule has 1 aliphatic heterocycles. The van der Waals surface area contributed by atoms with Crippen LogP contribution in [0.1, 0.15) is 18.4 Å². The number of halogens is 1. The number of piperidine rings is 1. The monoisotopic (exact) mass is 424 g/mol. The van der Waals surface area contributed by atoms with Gasteiger partial charge >= 0.3 is 0 Å². The van der Waals surface area contributed by atoms with Gasteiger partial charge < -0.3 is 9.47 Å². The standard InChI is InChI=1S/C23H25FN4OS/c1-27-22(19-9-5-6-10-20(19)24)25-26-23(27)30-16-21(29)28-13-11-18(12-14-28)15-17-7-3-2-4-8-17/h2-10,18H,11-16H2,1H3. The molecule has 0 bridgehead atoms. The lowest BCUT2D eigenvalue weighted by Crippen LogP contribution is -2.39. The molecule has 0 unspecified atom stereocenters. The molecule has 2 aromatic carbocycles. The summed E-state index contributed by atoms with van der Waals surface area (Å²) in [5.74, 6) is 1.19. The number of hydrogen-bond donors (Lipinski definition) is 0. The number of amides is 1. The number of likely N-dealkylation sites (tertiary alicyclic amines) is 1. The molecule has 0 spiro atoms. The van der Waals surface area contributed by atoms with Gasteiger partial charge in [0.05, 0.1) is 11.3 Å². The quantitative estimate of drug-likeness (QED) is 0.557. The minimum Gasteiger partial charge on any atom is -0.342 e. The molecule has 1 saturated heterocycles. The molecular formula is C23H25FN4OS. The van der Waals surface area contributed by atoms with Crippen LogP contribution in [0, 0.1) is 11.7 Å². The largest absolute Gasteiger partial charge is 0.342 e. The first-order valence-electron chi connectivity index (χ1n) is 10.2. The molecule has 0 radical (unpaired) electrons. The maximum absolute atomic E-state index is 14.0. The third-order valence-electron chi connectivity index (χ3n) is 5.61. The van der Waals surface area contributed by atoms with E-state index in [1.807, 2.05) is 11.0 Å². The Kier molecular flexibility index (Phi) is 6.47. The number of carbonyl (C=O) groups is 1. The average Bonchev–Trinajstić information content (AvgIpc) is 3.14. The van der Waals surface area contributed by atoms with Gasteiger partial charge in [-0.15, -0.1) is 10.2 Å². The number of hydrogen-bond acceptors (Lipinski definition) is 4. The van der Waals surface area contributed by atoms with Crippen molar-refractivity contribution >= 4 is 17.7 Å². The molecule has 1 aliphatic rings. The maximum atomic E-state index is 14.0. The van der Waals surface area contributed by atoms with E-state index in [0.717, 1.165) is 32.4 Å². The summed E-state index contributed by atoms with van der Waals surface area (Å²) in [6, 6.07) is 17.0. The Bertz CT molecular complexity index is 999. The number of nitrogens with zero attached hydrogens (tertiary/aromatic N) is 4. The fourth-order valence-corrected chi connectivity index (χ4v) is 4.68. The summed E-state index contributed by atoms with van der Waals surface area (Å²) in [7, 11) is 1.80. The van der Waals surface area contributed by atoms with Gasteiger partial charge in [-0.25, -0.2) is 4.39 Å². The summed E-state index contributed by atoms with van der Waals surface area (Å²) in [5, 5.41) is 8.87. The first-order chi connectivity index (χ1) is 14.6. The highest BCUT2D eigenvalue weighted by Crippen LogP contribution is 2.26. The molecule has 2 heterocycles. The van der Waals surface area contributed by atoms with Gasteiger partial charge in [-0.1, -0.05) is 54.2 Å². The predicted octanol–water partition coefficient (Wildman–Crippen LogP) is 4.19. The van der Waals surface area contributed by atoms with Crippen LogP contribution in [-0.2, 0) is 18.3 Å². The second-order valence-corrected chi connectivity index (χ2v) is 8.59. The van der Waals surface area contributed by atoms with Crippen molar-refractivity contribution in [2.75, 3.05) is 18.8 Å². The first kappa shape index (κ1) is 20.6. The van der Waals surface area contributed by atoms with Crippen molar-refractivity contribution in [3.8, 4) is 11.4 Å². The Morgan fingerprint density at radius 2 is 1.77 bits per heavy atom. The van der Waals surface area contributed by atoms with E-state index < -0.39 is 0 Å². The SMILES string of the molecule is Cn1c(SCC(=O)N2CCC(Cc3ccccc3)CC2)nnc1-c1ccccc1F. The minimum atomic E-state index is -0.334. The van der Waals surface area contributed by atoms with Crippen molar-refractivity contribution < 1.29 is 9.18 Å². The zero-order valence-corrected chi connectivity index (χ0v) is 17.8. The molecule has 1 amide bonds. The van der Waals surface area contributed by atoms with Gasteiger partial charge in [-0.3, -0.25) is 4.79 Å². The highest BCUT2D eigenvalue weighted by Gasteiger charge is 2.24. The fourth-order valence-electron chi connectivity index (χ4n) is 3.87. The Morgan fingerprint density at radius 3 is 2.50 bits per heavy atom. The predicted molar refractivity (Wildman–Crippen MR) is 117 cm³/mol. The van der Waals surface area contributed by atoms with E-state index in [1.165, 1.54) is 23.4 Å². The molecule has 0 N–H and O–H groups in total. The lowest BCUT2D eigenvalue weighted by Gasteiger charge is -2.32. The van der Waals surface area contributed by atoms with E-state index in [9.17, 15) is 9.18 Å². The van der Waals surface area contributed by atoms with Crippen LogP contribution in [-0.4, -0.2) is 44.4 Å². The number of aromatic nitrogens is 3. The van der Waals surface area contributed by atoms with Crippen molar-refractivity contribution in [2.45, 2.75) is 24.4 Å². The van der Waals surface area contributed by atoms with Crippen LogP contribution in [0.15, 0.2) is 59.8 Å². The summed E-state index contributed by atoms with van der Waals surface area (Å²) in [4.78, 5) is 14.6. The highest BCUT2D eigenvalue weighted by molar-refractivity contribution is 7.99. The van der Waals surface area contributed by atoms with Gasteiger partial charge in [0.1, 0.15) is 5.82 Å². The van der Waals surface area contributed by atoms with E-state index in [0.29, 0.717) is 28.2 Å². The second-order valence-electron chi connectivity index (χ2n) is 7.65. The Morgan fingerprint density at radius 1 is 1.07 bits per heavy atom. The van der Waals surface area contributed by atoms with Crippen molar-refractivity contribution in [1.82, 2.24) is 19.7 Å². The molecule has 0 saturated carbocycles. The summed E-state index contributed by atoms with van der Waals surface area (Å²) in [5.41, 5.74) is 1.77. The number of rotatable bonds is 6. The molecule has 1 fully saturated rings. The molecule has 7 heteroatoms. The molecule has 1 aromatic heterocycles. The van der Waals surface area contributed by atoms with Crippen LogP contribution in [0.4, 0.5) is 4.39 Å². The van der Waals surface area contributed by atoms with E-state index in [2.05, 4.69) is 34.5 Å². The normalized spacial score (nSPS) is 14.8. The van der Waals surface area contributed by atoms with Crippen molar-refractivity contribution in [3.05, 3.63) is 66.0 Å². The molecule has 4 rings (SSSR count). The number of thioether (sulfide) groups is 1. The highest BCUT2D eigenvalue weighted by atomic mass is 32.2. The second kappa shape index (κ2) is 9.43. The third kappa shape index (κ3) is 4.73. The molecule has 0 atom stereocenters. The van der Waals surface area contributed by atoms with Gasteiger partial charge in [-0.2, -0.15) is 0 Å². The van der Waals surface area contributed by atoms with Gasteiger partial charge in [-0.05, 0) is 42.9 Å². The molecule has 30 heavy (non-hydrogen) atoms. The lowest BCUT2D eigenvalue weighted by molar-refractivity contribution is -0.129. The molecule has 3 aromatic rings. The first-order valence-corrected chi connectivity index (χ1v) is 11.2. The summed E-state index contributed by atoms with van der Waals surface area (Å²) in [6.07, 6.45) is 3.15. The summed E-state index contributed by atoms with van der Waals surface area (Å²) < 4.78 is 15.8. The number of benzene rings is 2. The maximum Gasteiger partial charge on any atom is 0.233 e. The molecule has 0 aliphatic carbocycles. The van der Waals surface area contributed by atoms with E-state index in [-0.39, 0.29) is 11.7 Å². The van der Waals surface area contributed by atoms with E-state index >= 15 is 0 Å².